The third kappa shape index (κ3) is 4.61. The van der Waals surface area contributed by atoms with Gasteiger partial charge in [-0.3, -0.25) is 4.79 Å². The second-order valence-electron chi connectivity index (χ2n) is 3.70. The van der Waals surface area contributed by atoms with Crippen LogP contribution in [0.2, 0.25) is 0 Å². The molecule has 0 saturated heterocycles. The summed E-state index contributed by atoms with van der Waals surface area (Å²) in [5, 5.41) is 3.05. The molecule has 0 aromatic carbocycles. The molecule has 3 nitrogen and oxygen atoms in total. The Morgan fingerprint density at radius 3 is 2.14 bits per heavy atom. The zero-order chi connectivity index (χ0) is 11.0. The minimum Gasteiger partial charge on any atom is -0.353 e. The zero-order valence-corrected chi connectivity index (χ0v) is 9.68. The monoisotopic (exact) mass is 200 g/mol. The summed E-state index contributed by atoms with van der Waals surface area (Å²) in [6, 6.07) is 0.257. The van der Waals surface area contributed by atoms with Crippen molar-refractivity contribution in [2.45, 2.75) is 52.5 Å². The largest absolute Gasteiger partial charge is 0.353 e. The highest BCUT2D eigenvalue weighted by atomic mass is 16.1. The van der Waals surface area contributed by atoms with Gasteiger partial charge >= 0.3 is 0 Å². The third-order valence-corrected chi connectivity index (χ3v) is 2.71. The van der Waals surface area contributed by atoms with Crippen LogP contribution in [0.4, 0.5) is 0 Å². The molecule has 0 saturated carbocycles. The van der Waals surface area contributed by atoms with Crippen LogP contribution in [-0.2, 0) is 4.79 Å². The fraction of sp³-hybridized carbons (Fsp3) is 0.909. The van der Waals surface area contributed by atoms with Crippen LogP contribution in [0.1, 0.15) is 46.5 Å². The van der Waals surface area contributed by atoms with Crippen LogP contribution in [0.15, 0.2) is 0 Å². The zero-order valence-electron chi connectivity index (χ0n) is 9.68. The predicted octanol–water partition coefficient (Wildman–Crippen LogP) is 1.67. The quantitative estimate of drug-likeness (QED) is 0.657. The van der Waals surface area contributed by atoms with E-state index in [2.05, 4.69) is 26.1 Å². The molecule has 1 unspecified atom stereocenters. The summed E-state index contributed by atoms with van der Waals surface area (Å²) < 4.78 is 0. The Morgan fingerprint density at radius 1 is 1.21 bits per heavy atom. The van der Waals surface area contributed by atoms with Gasteiger partial charge < -0.3 is 11.1 Å². The van der Waals surface area contributed by atoms with E-state index in [9.17, 15) is 4.79 Å². The summed E-state index contributed by atoms with van der Waals surface area (Å²) in [5.74, 6) is 0.358. The second-order valence-corrected chi connectivity index (χ2v) is 3.70. The first-order valence-corrected chi connectivity index (χ1v) is 5.69. The van der Waals surface area contributed by atoms with Crippen LogP contribution < -0.4 is 11.1 Å². The van der Waals surface area contributed by atoms with Gasteiger partial charge in [0.15, 0.2) is 0 Å². The summed E-state index contributed by atoms with van der Waals surface area (Å²) in [7, 11) is 0. The predicted molar refractivity (Wildman–Crippen MR) is 60.0 cm³/mol. The summed E-state index contributed by atoms with van der Waals surface area (Å²) in [6.07, 6.45) is 3.67. The van der Waals surface area contributed by atoms with E-state index in [4.69, 9.17) is 5.73 Å². The fourth-order valence-electron chi connectivity index (χ4n) is 1.56. The Labute approximate surface area is 87.4 Å². The van der Waals surface area contributed by atoms with Crippen LogP contribution in [-0.4, -0.2) is 18.5 Å². The molecule has 0 aromatic heterocycles. The van der Waals surface area contributed by atoms with E-state index >= 15 is 0 Å². The van der Waals surface area contributed by atoms with Crippen LogP contribution in [0, 0.1) is 5.92 Å². The van der Waals surface area contributed by atoms with Crippen molar-refractivity contribution in [3.05, 3.63) is 0 Å². The molecule has 0 fully saturated rings. The van der Waals surface area contributed by atoms with Crippen molar-refractivity contribution in [2.75, 3.05) is 6.54 Å². The average Bonchev–Trinajstić information content (AvgIpc) is 2.19. The SMILES string of the molecule is CCC(CCN)NC(=O)C(CC)CC. The highest BCUT2D eigenvalue weighted by Gasteiger charge is 2.16. The summed E-state index contributed by atoms with van der Waals surface area (Å²) >= 11 is 0. The molecular weight excluding hydrogens is 176 g/mol. The van der Waals surface area contributed by atoms with E-state index in [0.29, 0.717) is 6.54 Å². The van der Waals surface area contributed by atoms with Gasteiger partial charge in [0.25, 0.3) is 0 Å². The highest BCUT2D eigenvalue weighted by molar-refractivity contribution is 5.78. The van der Waals surface area contributed by atoms with Crippen LogP contribution in [0.3, 0.4) is 0 Å². The topological polar surface area (TPSA) is 55.1 Å². The van der Waals surface area contributed by atoms with E-state index in [1.165, 1.54) is 0 Å². The molecule has 0 aliphatic rings. The van der Waals surface area contributed by atoms with Crippen molar-refractivity contribution in [2.24, 2.45) is 11.7 Å². The van der Waals surface area contributed by atoms with Crippen LogP contribution >= 0.6 is 0 Å². The number of nitrogens with one attached hydrogen (secondary N) is 1. The Kier molecular flexibility index (Phi) is 7.48. The van der Waals surface area contributed by atoms with Gasteiger partial charge in [-0.05, 0) is 32.2 Å². The van der Waals surface area contributed by atoms with Crippen LogP contribution in [0.5, 0.6) is 0 Å². The maximum Gasteiger partial charge on any atom is 0.223 e. The van der Waals surface area contributed by atoms with Gasteiger partial charge in [0.05, 0.1) is 0 Å². The van der Waals surface area contributed by atoms with E-state index in [1.807, 2.05) is 0 Å². The molecule has 0 aliphatic heterocycles. The summed E-state index contributed by atoms with van der Waals surface area (Å²) in [4.78, 5) is 11.7. The van der Waals surface area contributed by atoms with Gasteiger partial charge in [-0.1, -0.05) is 20.8 Å². The normalized spacial score (nSPS) is 12.9. The van der Waals surface area contributed by atoms with Crippen molar-refractivity contribution in [3.8, 4) is 0 Å². The van der Waals surface area contributed by atoms with E-state index in [-0.39, 0.29) is 17.9 Å². The smallest absolute Gasteiger partial charge is 0.223 e. The molecule has 1 amide bonds. The van der Waals surface area contributed by atoms with Gasteiger partial charge in [-0.25, -0.2) is 0 Å². The van der Waals surface area contributed by atoms with Gasteiger partial charge in [0, 0.05) is 12.0 Å². The Balaban J connectivity index is 3.99. The fourth-order valence-corrected chi connectivity index (χ4v) is 1.56. The second kappa shape index (κ2) is 7.80. The number of hydrogen-bond acceptors (Lipinski definition) is 2. The number of carbonyl (C=O) groups is 1. The number of hydrogen-bond donors (Lipinski definition) is 2. The molecule has 0 rings (SSSR count). The molecule has 3 N–H and O–H groups in total. The molecule has 0 radical (unpaired) electrons. The molecule has 0 aromatic rings. The summed E-state index contributed by atoms with van der Waals surface area (Å²) in [6.45, 7) is 6.82. The average molecular weight is 200 g/mol. The maximum absolute atomic E-state index is 11.7. The highest BCUT2D eigenvalue weighted by Crippen LogP contribution is 2.08. The lowest BCUT2D eigenvalue weighted by molar-refractivity contribution is -0.126. The van der Waals surface area contributed by atoms with Gasteiger partial charge in [-0.2, -0.15) is 0 Å². The lowest BCUT2D eigenvalue weighted by atomic mass is 10.0. The first-order chi connectivity index (χ1) is 6.69. The molecule has 1 atom stereocenters. The molecule has 0 bridgehead atoms. The first-order valence-electron chi connectivity index (χ1n) is 5.69. The van der Waals surface area contributed by atoms with Gasteiger partial charge in [0.1, 0.15) is 0 Å². The number of carbonyl (C=O) groups excluding carboxylic acids is 1. The van der Waals surface area contributed by atoms with Crippen molar-refractivity contribution < 1.29 is 4.79 Å². The summed E-state index contributed by atoms with van der Waals surface area (Å²) in [5.41, 5.74) is 5.47. The van der Waals surface area contributed by atoms with E-state index < -0.39 is 0 Å². The minimum atomic E-state index is 0.168. The Morgan fingerprint density at radius 2 is 1.79 bits per heavy atom. The standard InChI is InChI=1S/C11H24N2O/c1-4-9(5-2)11(14)13-10(6-3)7-8-12/h9-10H,4-8,12H2,1-3H3,(H,13,14). The third-order valence-electron chi connectivity index (χ3n) is 2.71. The minimum absolute atomic E-state index is 0.168. The molecule has 3 heteroatoms. The van der Waals surface area contributed by atoms with Gasteiger partial charge in [-0.15, -0.1) is 0 Å². The molecule has 14 heavy (non-hydrogen) atoms. The molecule has 84 valence electrons. The van der Waals surface area contributed by atoms with E-state index in [0.717, 1.165) is 25.7 Å². The number of rotatable bonds is 7. The van der Waals surface area contributed by atoms with Crippen molar-refractivity contribution in [1.82, 2.24) is 5.32 Å². The van der Waals surface area contributed by atoms with E-state index in [1.54, 1.807) is 0 Å². The maximum atomic E-state index is 11.7. The Bertz CT molecular complexity index is 155. The number of amides is 1. The van der Waals surface area contributed by atoms with Crippen molar-refractivity contribution in [1.29, 1.82) is 0 Å². The molecule has 0 spiro atoms. The number of nitrogens with two attached hydrogens (primary N) is 1. The molecule has 0 aliphatic carbocycles. The van der Waals surface area contributed by atoms with Gasteiger partial charge in [0.2, 0.25) is 5.91 Å². The molecular formula is C11H24N2O. The van der Waals surface area contributed by atoms with Crippen molar-refractivity contribution >= 4 is 5.91 Å². The van der Waals surface area contributed by atoms with Crippen LogP contribution in [0.25, 0.3) is 0 Å². The Hall–Kier alpha value is -0.570. The lowest BCUT2D eigenvalue weighted by Gasteiger charge is -2.19. The molecule has 0 heterocycles. The lowest BCUT2D eigenvalue weighted by Crippen LogP contribution is -2.39. The van der Waals surface area contributed by atoms with Crippen molar-refractivity contribution in [3.63, 3.8) is 0 Å². The first kappa shape index (κ1) is 13.4.